The number of hydrogen-bond acceptors (Lipinski definition) is 6. The van der Waals surface area contributed by atoms with Gasteiger partial charge in [-0.2, -0.15) is 0 Å². The molecule has 0 aliphatic rings. The van der Waals surface area contributed by atoms with E-state index in [0.29, 0.717) is 5.69 Å². The summed E-state index contributed by atoms with van der Waals surface area (Å²) in [6, 6.07) is 1.50. The highest BCUT2D eigenvalue weighted by Crippen LogP contribution is 2.16. The number of esters is 1. The summed E-state index contributed by atoms with van der Waals surface area (Å²) < 4.78 is 4.63. The van der Waals surface area contributed by atoms with Gasteiger partial charge in [-0.3, -0.25) is 4.79 Å². The van der Waals surface area contributed by atoms with Gasteiger partial charge in [-0.15, -0.1) is 0 Å². The highest BCUT2D eigenvalue weighted by molar-refractivity contribution is 5.96. The van der Waals surface area contributed by atoms with Crippen LogP contribution in [0.3, 0.4) is 0 Å². The maximum atomic E-state index is 11.6. The smallest absolute Gasteiger partial charge is 0.341 e. The molecule has 0 unspecified atom stereocenters. The molecule has 0 fully saturated rings. The summed E-state index contributed by atoms with van der Waals surface area (Å²) in [5, 5.41) is 5.50. The Bertz CT molecular complexity index is 474. The summed E-state index contributed by atoms with van der Waals surface area (Å²) in [6.07, 6.45) is 1.40. The topological polar surface area (TPSA) is 106 Å². The number of nitrogen functional groups attached to an aromatic ring is 1. The number of ether oxygens (including phenoxy) is 1. The standard InChI is InChI=1S/C12H18N4O3/c1-7(2)16-10(17)6-15-11-9(12(18)19-3)4-8(13)5-14-11/h4-5,7H,6,13H2,1-3H3,(H,14,15)(H,16,17). The predicted molar refractivity (Wildman–Crippen MR) is 71.8 cm³/mol. The summed E-state index contributed by atoms with van der Waals surface area (Å²) in [4.78, 5) is 27.0. The Balaban J connectivity index is 2.78. The van der Waals surface area contributed by atoms with Crippen molar-refractivity contribution < 1.29 is 14.3 Å². The molecule has 0 spiro atoms. The maximum Gasteiger partial charge on any atom is 0.341 e. The first-order valence-electron chi connectivity index (χ1n) is 5.81. The highest BCUT2D eigenvalue weighted by Gasteiger charge is 2.14. The molecule has 19 heavy (non-hydrogen) atoms. The Morgan fingerprint density at radius 2 is 2.16 bits per heavy atom. The predicted octanol–water partition coefficient (Wildman–Crippen LogP) is 0.387. The first-order valence-corrected chi connectivity index (χ1v) is 5.81. The molecule has 0 aliphatic heterocycles. The third kappa shape index (κ3) is 4.46. The lowest BCUT2D eigenvalue weighted by atomic mass is 10.2. The van der Waals surface area contributed by atoms with Gasteiger partial charge in [0, 0.05) is 6.04 Å². The minimum absolute atomic E-state index is 0.0130. The lowest BCUT2D eigenvalue weighted by molar-refractivity contribution is -0.119. The van der Waals surface area contributed by atoms with Crippen molar-refractivity contribution in [2.45, 2.75) is 19.9 Å². The zero-order chi connectivity index (χ0) is 14.4. The molecule has 1 aromatic heterocycles. The number of hydrogen-bond donors (Lipinski definition) is 3. The fourth-order valence-electron chi connectivity index (χ4n) is 1.42. The van der Waals surface area contributed by atoms with E-state index in [1.54, 1.807) is 0 Å². The monoisotopic (exact) mass is 266 g/mol. The van der Waals surface area contributed by atoms with E-state index in [-0.39, 0.29) is 29.9 Å². The number of aromatic nitrogens is 1. The van der Waals surface area contributed by atoms with E-state index in [9.17, 15) is 9.59 Å². The summed E-state index contributed by atoms with van der Waals surface area (Å²) in [6.45, 7) is 3.73. The van der Waals surface area contributed by atoms with Gasteiger partial charge in [0.15, 0.2) is 0 Å². The Labute approximate surface area is 111 Å². The Morgan fingerprint density at radius 1 is 1.47 bits per heavy atom. The second-order valence-electron chi connectivity index (χ2n) is 4.23. The van der Waals surface area contributed by atoms with Gasteiger partial charge in [0.25, 0.3) is 0 Å². The highest BCUT2D eigenvalue weighted by atomic mass is 16.5. The number of anilines is 2. The zero-order valence-electron chi connectivity index (χ0n) is 11.2. The molecule has 0 saturated carbocycles. The third-order valence-electron chi connectivity index (χ3n) is 2.18. The fourth-order valence-corrected chi connectivity index (χ4v) is 1.42. The minimum atomic E-state index is -0.563. The largest absolute Gasteiger partial charge is 0.465 e. The van der Waals surface area contributed by atoms with Crippen molar-refractivity contribution in [2.75, 3.05) is 24.7 Å². The van der Waals surface area contributed by atoms with Crippen molar-refractivity contribution in [2.24, 2.45) is 0 Å². The van der Waals surface area contributed by atoms with Crippen LogP contribution in [0.15, 0.2) is 12.3 Å². The fraction of sp³-hybridized carbons (Fsp3) is 0.417. The number of rotatable bonds is 5. The van der Waals surface area contributed by atoms with E-state index in [4.69, 9.17) is 5.73 Å². The number of nitrogens with two attached hydrogens (primary N) is 1. The van der Waals surface area contributed by atoms with Gasteiger partial charge in [-0.25, -0.2) is 9.78 Å². The summed E-state index contributed by atoms with van der Waals surface area (Å²) in [5.74, 6) is -0.490. The molecule has 1 amide bonds. The van der Waals surface area contributed by atoms with Crippen molar-refractivity contribution in [1.82, 2.24) is 10.3 Å². The van der Waals surface area contributed by atoms with Crippen molar-refractivity contribution >= 4 is 23.4 Å². The molecular formula is C12H18N4O3. The van der Waals surface area contributed by atoms with Gasteiger partial charge < -0.3 is 21.1 Å². The molecule has 0 atom stereocenters. The molecule has 1 rings (SSSR count). The molecule has 0 aliphatic carbocycles. The number of nitrogens with zero attached hydrogens (tertiary/aromatic N) is 1. The number of amides is 1. The zero-order valence-corrected chi connectivity index (χ0v) is 11.2. The molecule has 7 nitrogen and oxygen atoms in total. The van der Waals surface area contributed by atoms with Crippen molar-refractivity contribution in [3.05, 3.63) is 17.8 Å². The van der Waals surface area contributed by atoms with Crippen LogP contribution in [0.4, 0.5) is 11.5 Å². The number of carbonyl (C=O) groups is 2. The van der Waals surface area contributed by atoms with Crippen LogP contribution in [0.25, 0.3) is 0 Å². The van der Waals surface area contributed by atoms with E-state index in [0.717, 1.165) is 0 Å². The van der Waals surface area contributed by atoms with Crippen LogP contribution >= 0.6 is 0 Å². The lowest BCUT2D eigenvalue weighted by Gasteiger charge is -2.12. The number of carbonyl (C=O) groups excluding carboxylic acids is 2. The van der Waals surface area contributed by atoms with Gasteiger partial charge in [0.2, 0.25) is 5.91 Å². The molecule has 0 bridgehead atoms. The molecule has 0 saturated heterocycles. The van der Waals surface area contributed by atoms with Crippen LogP contribution in [0, 0.1) is 0 Å². The average Bonchev–Trinajstić information content (AvgIpc) is 2.35. The maximum absolute atomic E-state index is 11.6. The molecule has 7 heteroatoms. The summed E-state index contributed by atoms with van der Waals surface area (Å²) in [7, 11) is 1.26. The molecule has 4 N–H and O–H groups in total. The van der Waals surface area contributed by atoms with Crippen molar-refractivity contribution in [3.8, 4) is 0 Å². The Morgan fingerprint density at radius 3 is 2.74 bits per heavy atom. The van der Waals surface area contributed by atoms with Gasteiger partial charge in [-0.1, -0.05) is 0 Å². The second kappa shape index (κ2) is 6.58. The lowest BCUT2D eigenvalue weighted by Crippen LogP contribution is -2.35. The van der Waals surface area contributed by atoms with E-state index >= 15 is 0 Å². The average molecular weight is 266 g/mol. The van der Waals surface area contributed by atoms with E-state index in [2.05, 4.69) is 20.4 Å². The molecule has 1 heterocycles. The van der Waals surface area contributed by atoms with Crippen LogP contribution in [0.1, 0.15) is 24.2 Å². The van der Waals surface area contributed by atoms with Crippen LogP contribution in [0.5, 0.6) is 0 Å². The Hall–Kier alpha value is -2.31. The molecule has 104 valence electrons. The van der Waals surface area contributed by atoms with Gasteiger partial charge in [0.05, 0.1) is 25.5 Å². The van der Waals surface area contributed by atoms with Crippen molar-refractivity contribution in [3.63, 3.8) is 0 Å². The minimum Gasteiger partial charge on any atom is -0.465 e. The molecule has 0 radical (unpaired) electrons. The third-order valence-corrected chi connectivity index (χ3v) is 2.18. The van der Waals surface area contributed by atoms with Crippen LogP contribution in [0.2, 0.25) is 0 Å². The molecule has 0 aromatic carbocycles. The van der Waals surface area contributed by atoms with Gasteiger partial charge >= 0.3 is 5.97 Å². The van der Waals surface area contributed by atoms with E-state index < -0.39 is 5.97 Å². The first kappa shape index (κ1) is 14.7. The summed E-state index contributed by atoms with van der Waals surface area (Å²) in [5.41, 5.74) is 6.10. The van der Waals surface area contributed by atoms with Crippen LogP contribution in [-0.4, -0.2) is 36.6 Å². The number of pyridine rings is 1. The van der Waals surface area contributed by atoms with Crippen LogP contribution < -0.4 is 16.4 Å². The number of methoxy groups -OCH3 is 1. The first-order chi connectivity index (χ1) is 8.93. The van der Waals surface area contributed by atoms with E-state index in [1.165, 1.54) is 19.4 Å². The second-order valence-corrected chi connectivity index (χ2v) is 4.23. The Kier molecular flexibility index (Phi) is 5.11. The van der Waals surface area contributed by atoms with E-state index in [1.807, 2.05) is 13.8 Å². The summed E-state index contributed by atoms with van der Waals surface area (Å²) >= 11 is 0. The quantitative estimate of drug-likeness (QED) is 0.665. The SMILES string of the molecule is COC(=O)c1cc(N)cnc1NCC(=O)NC(C)C. The van der Waals surface area contributed by atoms with Gasteiger partial charge in [0.1, 0.15) is 11.4 Å². The van der Waals surface area contributed by atoms with Crippen LogP contribution in [-0.2, 0) is 9.53 Å². The van der Waals surface area contributed by atoms with Crippen molar-refractivity contribution in [1.29, 1.82) is 0 Å². The molecule has 1 aromatic rings. The molecular weight excluding hydrogens is 248 g/mol. The number of nitrogens with one attached hydrogen (secondary N) is 2. The normalized spacial score (nSPS) is 10.1. The van der Waals surface area contributed by atoms with Gasteiger partial charge in [-0.05, 0) is 19.9 Å².